The van der Waals surface area contributed by atoms with Crippen molar-refractivity contribution in [3.05, 3.63) is 30.7 Å². The molecule has 2 rings (SSSR count). The molecule has 0 aliphatic heterocycles. The van der Waals surface area contributed by atoms with Gasteiger partial charge in [-0.3, -0.25) is 4.79 Å². The highest BCUT2D eigenvalue weighted by molar-refractivity contribution is 5.91. The van der Waals surface area contributed by atoms with Crippen molar-refractivity contribution in [2.24, 2.45) is 5.73 Å². The van der Waals surface area contributed by atoms with E-state index in [9.17, 15) is 4.79 Å². The molecule has 0 fully saturated rings. The van der Waals surface area contributed by atoms with Gasteiger partial charge in [-0.05, 0) is 25.1 Å². The van der Waals surface area contributed by atoms with Gasteiger partial charge in [-0.15, -0.1) is 10.2 Å². The SMILES string of the molecule is CC(N)CC(=O)Nc1cccc(-c2nnco2)c1. The van der Waals surface area contributed by atoms with Crippen LogP contribution in [-0.2, 0) is 4.79 Å². The lowest BCUT2D eigenvalue weighted by Gasteiger charge is -2.07. The molecule has 0 radical (unpaired) electrons. The van der Waals surface area contributed by atoms with Crippen LogP contribution in [0.25, 0.3) is 11.5 Å². The number of aromatic nitrogens is 2. The molecule has 6 heteroatoms. The number of anilines is 1. The minimum absolute atomic E-state index is 0.118. The van der Waals surface area contributed by atoms with E-state index in [0.29, 0.717) is 11.6 Å². The Morgan fingerprint density at radius 3 is 3.06 bits per heavy atom. The first kappa shape index (κ1) is 12.3. The zero-order chi connectivity index (χ0) is 13.0. The predicted molar refractivity (Wildman–Crippen MR) is 66.6 cm³/mol. The average molecular weight is 246 g/mol. The molecule has 1 heterocycles. The van der Waals surface area contributed by atoms with Gasteiger partial charge in [0.05, 0.1) is 0 Å². The van der Waals surface area contributed by atoms with Crippen LogP contribution in [0.1, 0.15) is 13.3 Å². The Morgan fingerprint density at radius 1 is 1.56 bits per heavy atom. The Hall–Kier alpha value is -2.21. The highest BCUT2D eigenvalue weighted by atomic mass is 16.4. The summed E-state index contributed by atoms with van der Waals surface area (Å²) in [6, 6.07) is 7.03. The number of hydrogen-bond donors (Lipinski definition) is 2. The number of nitrogens with zero attached hydrogens (tertiary/aromatic N) is 2. The van der Waals surface area contributed by atoms with Crippen LogP contribution >= 0.6 is 0 Å². The summed E-state index contributed by atoms with van der Waals surface area (Å²) < 4.78 is 5.09. The largest absolute Gasteiger partial charge is 0.423 e. The van der Waals surface area contributed by atoms with Crippen LogP contribution in [-0.4, -0.2) is 22.1 Å². The number of benzene rings is 1. The minimum Gasteiger partial charge on any atom is -0.423 e. The Bertz CT molecular complexity index is 523. The fraction of sp³-hybridized carbons (Fsp3) is 0.250. The third-order valence-corrected chi connectivity index (χ3v) is 2.26. The van der Waals surface area contributed by atoms with Crippen molar-refractivity contribution in [2.45, 2.75) is 19.4 Å². The lowest BCUT2D eigenvalue weighted by Crippen LogP contribution is -2.23. The van der Waals surface area contributed by atoms with Crippen molar-refractivity contribution < 1.29 is 9.21 Å². The van der Waals surface area contributed by atoms with E-state index < -0.39 is 0 Å². The lowest BCUT2D eigenvalue weighted by atomic mass is 10.2. The van der Waals surface area contributed by atoms with Gasteiger partial charge in [0, 0.05) is 23.7 Å². The van der Waals surface area contributed by atoms with Crippen molar-refractivity contribution in [3.63, 3.8) is 0 Å². The Labute approximate surface area is 104 Å². The minimum atomic E-state index is -0.163. The highest BCUT2D eigenvalue weighted by Crippen LogP contribution is 2.20. The zero-order valence-corrected chi connectivity index (χ0v) is 9.96. The van der Waals surface area contributed by atoms with E-state index in [-0.39, 0.29) is 18.4 Å². The maximum atomic E-state index is 11.6. The molecule has 18 heavy (non-hydrogen) atoms. The molecule has 0 aliphatic rings. The van der Waals surface area contributed by atoms with Gasteiger partial charge < -0.3 is 15.5 Å². The molecular formula is C12H14N4O2. The topological polar surface area (TPSA) is 94.0 Å². The standard InChI is InChI=1S/C12H14N4O2/c1-8(13)5-11(17)15-10-4-2-3-9(6-10)12-16-14-7-18-12/h2-4,6-8H,5,13H2,1H3,(H,15,17). The van der Waals surface area contributed by atoms with Crippen LogP contribution in [0.4, 0.5) is 5.69 Å². The molecule has 0 saturated carbocycles. The first-order valence-electron chi connectivity index (χ1n) is 5.57. The van der Waals surface area contributed by atoms with Gasteiger partial charge in [-0.2, -0.15) is 0 Å². The monoisotopic (exact) mass is 246 g/mol. The number of hydrogen-bond acceptors (Lipinski definition) is 5. The van der Waals surface area contributed by atoms with Gasteiger partial charge in [-0.25, -0.2) is 0 Å². The van der Waals surface area contributed by atoms with Crippen LogP contribution in [0.15, 0.2) is 35.1 Å². The van der Waals surface area contributed by atoms with Crippen LogP contribution in [0.5, 0.6) is 0 Å². The van der Waals surface area contributed by atoms with Crippen LogP contribution in [0.3, 0.4) is 0 Å². The molecule has 0 spiro atoms. The Kier molecular flexibility index (Phi) is 3.69. The second kappa shape index (κ2) is 5.42. The van der Waals surface area contributed by atoms with Crippen LogP contribution in [0.2, 0.25) is 0 Å². The second-order valence-corrected chi connectivity index (χ2v) is 4.05. The van der Waals surface area contributed by atoms with Crippen molar-refractivity contribution >= 4 is 11.6 Å². The van der Waals surface area contributed by atoms with Crippen LogP contribution in [0, 0.1) is 0 Å². The third kappa shape index (κ3) is 3.14. The molecule has 1 aromatic heterocycles. The third-order valence-electron chi connectivity index (χ3n) is 2.26. The maximum Gasteiger partial charge on any atom is 0.247 e. The smallest absolute Gasteiger partial charge is 0.247 e. The van der Waals surface area contributed by atoms with Gasteiger partial charge in [0.1, 0.15) is 0 Å². The summed E-state index contributed by atoms with van der Waals surface area (Å²) in [6.45, 7) is 1.79. The molecular weight excluding hydrogens is 232 g/mol. The molecule has 1 aromatic carbocycles. The van der Waals surface area contributed by atoms with E-state index in [2.05, 4.69) is 15.5 Å². The average Bonchev–Trinajstić information content (AvgIpc) is 2.81. The molecule has 0 bridgehead atoms. The summed E-state index contributed by atoms with van der Waals surface area (Å²) in [7, 11) is 0. The summed E-state index contributed by atoms with van der Waals surface area (Å²) in [4.78, 5) is 11.6. The summed E-state index contributed by atoms with van der Waals surface area (Å²) in [5.74, 6) is 0.297. The Morgan fingerprint density at radius 2 is 2.39 bits per heavy atom. The molecule has 1 atom stereocenters. The number of amides is 1. The predicted octanol–water partition coefficient (Wildman–Crippen LogP) is 1.41. The van der Waals surface area contributed by atoms with Crippen molar-refractivity contribution in [3.8, 4) is 11.5 Å². The molecule has 2 aromatic rings. The summed E-state index contributed by atoms with van der Waals surface area (Å²) >= 11 is 0. The first-order valence-corrected chi connectivity index (χ1v) is 5.57. The second-order valence-electron chi connectivity index (χ2n) is 4.05. The number of carbonyl (C=O) groups is 1. The molecule has 0 saturated heterocycles. The summed E-state index contributed by atoms with van der Waals surface area (Å²) in [6.07, 6.45) is 1.54. The normalized spacial score (nSPS) is 12.1. The van der Waals surface area contributed by atoms with Gasteiger partial charge >= 0.3 is 0 Å². The zero-order valence-electron chi connectivity index (χ0n) is 9.96. The van der Waals surface area contributed by atoms with Crippen LogP contribution < -0.4 is 11.1 Å². The molecule has 6 nitrogen and oxygen atoms in total. The Balaban J connectivity index is 2.11. The maximum absolute atomic E-state index is 11.6. The highest BCUT2D eigenvalue weighted by Gasteiger charge is 2.08. The van der Waals surface area contributed by atoms with Gasteiger partial charge in [-0.1, -0.05) is 6.07 Å². The number of nitrogens with one attached hydrogen (secondary N) is 1. The van der Waals surface area contributed by atoms with Gasteiger partial charge in [0.25, 0.3) is 0 Å². The van der Waals surface area contributed by atoms with Crippen molar-refractivity contribution in [2.75, 3.05) is 5.32 Å². The molecule has 0 aliphatic carbocycles. The number of carbonyl (C=O) groups excluding carboxylic acids is 1. The lowest BCUT2D eigenvalue weighted by molar-refractivity contribution is -0.116. The van der Waals surface area contributed by atoms with Crippen molar-refractivity contribution in [1.82, 2.24) is 10.2 Å². The van der Waals surface area contributed by atoms with E-state index in [4.69, 9.17) is 10.2 Å². The number of rotatable bonds is 4. The van der Waals surface area contributed by atoms with E-state index in [0.717, 1.165) is 5.56 Å². The quantitative estimate of drug-likeness (QED) is 0.850. The summed E-state index contributed by atoms with van der Waals surface area (Å²) in [5.41, 5.74) is 6.99. The molecule has 3 N–H and O–H groups in total. The molecule has 1 unspecified atom stereocenters. The van der Waals surface area contributed by atoms with E-state index in [1.165, 1.54) is 6.39 Å². The van der Waals surface area contributed by atoms with E-state index >= 15 is 0 Å². The van der Waals surface area contributed by atoms with Crippen molar-refractivity contribution in [1.29, 1.82) is 0 Å². The van der Waals surface area contributed by atoms with Gasteiger partial charge in [0.15, 0.2) is 0 Å². The van der Waals surface area contributed by atoms with E-state index in [1.54, 1.807) is 25.1 Å². The number of nitrogens with two attached hydrogens (primary N) is 1. The molecule has 1 amide bonds. The summed E-state index contributed by atoms with van der Waals surface area (Å²) in [5, 5.41) is 10.2. The fourth-order valence-electron chi connectivity index (χ4n) is 1.53. The van der Waals surface area contributed by atoms with Gasteiger partial charge in [0.2, 0.25) is 18.2 Å². The first-order chi connectivity index (χ1) is 8.65. The fourth-order valence-corrected chi connectivity index (χ4v) is 1.53. The van der Waals surface area contributed by atoms with E-state index in [1.807, 2.05) is 6.07 Å². The molecule has 94 valence electrons.